The van der Waals surface area contributed by atoms with Crippen LogP contribution >= 0.6 is 11.6 Å². The van der Waals surface area contributed by atoms with E-state index >= 15 is 0 Å². The van der Waals surface area contributed by atoms with Crippen LogP contribution in [0.2, 0.25) is 5.02 Å². The Hall–Kier alpha value is -2.53. The van der Waals surface area contributed by atoms with Crippen molar-refractivity contribution in [1.82, 2.24) is 10.2 Å². The molecule has 6 heteroatoms. The number of urea groups is 1. The molecule has 0 saturated carbocycles. The van der Waals surface area contributed by atoms with Crippen LogP contribution in [0.25, 0.3) is 0 Å². The zero-order chi connectivity index (χ0) is 20.9. The number of rotatable bonds is 5. The highest BCUT2D eigenvalue weighted by atomic mass is 35.5. The van der Waals surface area contributed by atoms with Crippen LogP contribution in [0.3, 0.4) is 0 Å². The maximum atomic E-state index is 12.7. The monoisotopic (exact) mass is 413 g/mol. The normalized spacial score (nSPS) is 16.9. The fourth-order valence-corrected chi connectivity index (χ4v) is 3.75. The minimum atomic E-state index is -0.250. The number of amides is 3. The maximum absolute atomic E-state index is 12.7. The van der Waals surface area contributed by atoms with Gasteiger partial charge >= 0.3 is 6.03 Å². The van der Waals surface area contributed by atoms with Gasteiger partial charge in [0.2, 0.25) is 5.91 Å². The lowest BCUT2D eigenvalue weighted by Gasteiger charge is -2.33. The summed E-state index contributed by atoms with van der Waals surface area (Å²) in [5.74, 6) is -0.233. The number of hydrogen-bond donors (Lipinski definition) is 2. The molecule has 2 N–H and O–H groups in total. The zero-order valence-corrected chi connectivity index (χ0v) is 17.7. The predicted octanol–water partition coefficient (Wildman–Crippen LogP) is 4.68. The molecule has 0 spiro atoms. The molecule has 0 aliphatic carbocycles. The molecule has 3 amide bonds. The van der Waals surface area contributed by atoms with Gasteiger partial charge in [0.15, 0.2) is 0 Å². The number of halogens is 1. The van der Waals surface area contributed by atoms with Crippen LogP contribution in [-0.4, -0.2) is 36.5 Å². The lowest BCUT2D eigenvalue weighted by Crippen LogP contribution is -2.50. The lowest BCUT2D eigenvalue weighted by atomic mass is 9.84. The summed E-state index contributed by atoms with van der Waals surface area (Å²) < 4.78 is 0. The van der Waals surface area contributed by atoms with Crippen LogP contribution in [0.1, 0.15) is 32.3 Å². The second-order valence-corrected chi connectivity index (χ2v) is 8.63. The molecule has 1 heterocycles. The quantitative estimate of drug-likeness (QED) is 0.747. The van der Waals surface area contributed by atoms with E-state index in [1.807, 2.05) is 54.6 Å². The van der Waals surface area contributed by atoms with Gasteiger partial charge in [-0.25, -0.2) is 4.79 Å². The van der Waals surface area contributed by atoms with E-state index in [0.717, 1.165) is 24.1 Å². The number of hydrogen-bond acceptors (Lipinski definition) is 2. The van der Waals surface area contributed by atoms with Crippen LogP contribution in [0.5, 0.6) is 0 Å². The smallest absolute Gasteiger partial charge is 0.317 e. The number of likely N-dealkylation sites (tertiary alicyclic amines) is 1. The second kappa shape index (κ2) is 9.31. The van der Waals surface area contributed by atoms with Gasteiger partial charge in [-0.2, -0.15) is 0 Å². The first-order valence-electron chi connectivity index (χ1n) is 10.00. The minimum Gasteiger partial charge on any atom is -0.337 e. The average molecular weight is 414 g/mol. The zero-order valence-electron chi connectivity index (χ0n) is 17.0. The third kappa shape index (κ3) is 5.73. The molecule has 1 aliphatic heterocycles. The first-order chi connectivity index (χ1) is 13.8. The van der Waals surface area contributed by atoms with Crippen molar-refractivity contribution in [2.75, 3.05) is 25.0 Å². The SMILES string of the molecule is CC(C)(CNC(=O)N1CCCC(C(=O)Nc2ccccc2)C1)c1cccc(Cl)c1. The highest BCUT2D eigenvalue weighted by Crippen LogP contribution is 2.25. The molecule has 0 aromatic heterocycles. The second-order valence-electron chi connectivity index (χ2n) is 8.19. The highest BCUT2D eigenvalue weighted by Gasteiger charge is 2.29. The van der Waals surface area contributed by atoms with Gasteiger partial charge in [0.25, 0.3) is 0 Å². The molecule has 5 nitrogen and oxygen atoms in total. The fraction of sp³-hybridized carbons (Fsp3) is 0.391. The fourth-order valence-electron chi connectivity index (χ4n) is 3.56. The van der Waals surface area contributed by atoms with Gasteiger partial charge in [-0.15, -0.1) is 0 Å². The van der Waals surface area contributed by atoms with Gasteiger partial charge in [0, 0.05) is 35.8 Å². The van der Waals surface area contributed by atoms with Crippen LogP contribution in [0.4, 0.5) is 10.5 Å². The Morgan fingerprint density at radius 3 is 2.62 bits per heavy atom. The molecule has 0 bridgehead atoms. The molecule has 1 fully saturated rings. The van der Waals surface area contributed by atoms with E-state index in [1.54, 1.807) is 4.90 Å². The van der Waals surface area contributed by atoms with Crippen LogP contribution in [0, 0.1) is 5.92 Å². The summed E-state index contributed by atoms with van der Waals surface area (Å²) in [6.45, 7) is 5.74. The van der Waals surface area contributed by atoms with Crippen molar-refractivity contribution >= 4 is 29.2 Å². The Balaban J connectivity index is 1.54. The van der Waals surface area contributed by atoms with Crippen molar-refractivity contribution in [2.24, 2.45) is 5.92 Å². The summed E-state index contributed by atoms with van der Waals surface area (Å²) in [5, 5.41) is 6.66. The standard InChI is InChI=1S/C23H28ClN3O2/c1-23(2,18-9-6-10-19(24)14-18)16-25-22(29)27-13-7-8-17(15-27)21(28)26-20-11-4-3-5-12-20/h3-6,9-12,14,17H,7-8,13,15-16H2,1-2H3,(H,25,29)(H,26,28). The third-order valence-electron chi connectivity index (χ3n) is 5.41. The van der Waals surface area contributed by atoms with Gasteiger partial charge in [-0.05, 0) is 42.7 Å². The van der Waals surface area contributed by atoms with Gasteiger partial charge in [0.1, 0.15) is 0 Å². The molecule has 0 radical (unpaired) electrons. The molecule has 3 rings (SSSR count). The molecule has 154 valence electrons. The molecule has 2 aromatic carbocycles. The first-order valence-corrected chi connectivity index (χ1v) is 10.4. The molecular formula is C23H28ClN3O2. The third-order valence-corrected chi connectivity index (χ3v) is 5.64. The Morgan fingerprint density at radius 2 is 1.90 bits per heavy atom. The van der Waals surface area contributed by atoms with Gasteiger partial charge in [-0.3, -0.25) is 4.79 Å². The summed E-state index contributed by atoms with van der Waals surface area (Å²) in [6, 6.07) is 17.0. The van der Waals surface area contributed by atoms with E-state index in [4.69, 9.17) is 11.6 Å². The van der Waals surface area contributed by atoms with Crippen molar-refractivity contribution in [3.8, 4) is 0 Å². The van der Waals surface area contributed by atoms with Crippen molar-refractivity contribution < 1.29 is 9.59 Å². The molecule has 29 heavy (non-hydrogen) atoms. The van der Waals surface area contributed by atoms with Crippen molar-refractivity contribution in [3.63, 3.8) is 0 Å². The molecule has 1 unspecified atom stereocenters. The van der Waals surface area contributed by atoms with E-state index in [2.05, 4.69) is 24.5 Å². The van der Waals surface area contributed by atoms with E-state index < -0.39 is 0 Å². The number of nitrogens with zero attached hydrogens (tertiary/aromatic N) is 1. The highest BCUT2D eigenvalue weighted by molar-refractivity contribution is 6.30. The molecular weight excluding hydrogens is 386 g/mol. The Morgan fingerprint density at radius 1 is 1.14 bits per heavy atom. The molecule has 1 saturated heterocycles. The Labute approximate surface area is 177 Å². The van der Waals surface area contributed by atoms with E-state index in [1.165, 1.54) is 0 Å². The number of para-hydroxylation sites is 1. The first kappa shape index (κ1) is 21.2. The number of nitrogens with one attached hydrogen (secondary N) is 2. The summed E-state index contributed by atoms with van der Waals surface area (Å²) in [5.41, 5.74) is 1.60. The van der Waals surface area contributed by atoms with Crippen LogP contribution in [0.15, 0.2) is 54.6 Å². The number of anilines is 1. The summed E-state index contributed by atoms with van der Waals surface area (Å²) in [4.78, 5) is 27.1. The van der Waals surface area contributed by atoms with Gasteiger partial charge < -0.3 is 15.5 Å². The molecule has 1 atom stereocenters. The van der Waals surface area contributed by atoms with Gasteiger partial charge in [0.05, 0.1) is 5.92 Å². The van der Waals surface area contributed by atoms with Gasteiger partial charge in [-0.1, -0.05) is 55.8 Å². The van der Waals surface area contributed by atoms with Crippen molar-refractivity contribution in [3.05, 3.63) is 65.2 Å². The van der Waals surface area contributed by atoms with E-state index in [0.29, 0.717) is 24.7 Å². The lowest BCUT2D eigenvalue weighted by molar-refractivity contribution is -0.121. The van der Waals surface area contributed by atoms with Crippen LogP contribution in [-0.2, 0) is 10.2 Å². The Bertz CT molecular complexity index is 854. The van der Waals surface area contributed by atoms with Crippen molar-refractivity contribution in [1.29, 1.82) is 0 Å². The summed E-state index contributed by atoms with van der Waals surface area (Å²) in [7, 11) is 0. The topological polar surface area (TPSA) is 61.4 Å². The molecule has 1 aliphatic rings. The number of carbonyl (C=O) groups is 2. The number of benzene rings is 2. The maximum Gasteiger partial charge on any atom is 0.317 e. The van der Waals surface area contributed by atoms with Crippen LogP contribution < -0.4 is 10.6 Å². The summed E-state index contributed by atoms with van der Waals surface area (Å²) >= 11 is 6.11. The Kier molecular flexibility index (Phi) is 6.80. The van der Waals surface area contributed by atoms with Crippen molar-refractivity contribution in [2.45, 2.75) is 32.1 Å². The van der Waals surface area contributed by atoms with E-state index in [-0.39, 0.29) is 23.3 Å². The minimum absolute atomic E-state index is 0.0343. The summed E-state index contributed by atoms with van der Waals surface area (Å²) in [6.07, 6.45) is 1.61. The number of piperidine rings is 1. The average Bonchev–Trinajstić information content (AvgIpc) is 2.73. The van der Waals surface area contributed by atoms with E-state index in [9.17, 15) is 9.59 Å². The molecule has 2 aromatic rings. The predicted molar refractivity (Wildman–Crippen MR) is 117 cm³/mol. The largest absolute Gasteiger partial charge is 0.337 e. The number of carbonyl (C=O) groups excluding carboxylic acids is 2.